The molecule has 0 radical (unpaired) electrons. The molecule has 146 valence electrons. The van der Waals surface area contributed by atoms with Crippen LogP contribution in [0.3, 0.4) is 0 Å². The summed E-state index contributed by atoms with van der Waals surface area (Å²) in [6.07, 6.45) is 0. The smallest absolute Gasteiger partial charge is 0.191 e. The Bertz CT molecular complexity index is 951. The molecule has 5 heteroatoms. The van der Waals surface area contributed by atoms with Crippen molar-refractivity contribution in [2.75, 3.05) is 19.3 Å². The van der Waals surface area contributed by atoms with Crippen LogP contribution in [0.15, 0.2) is 77.8 Å². The van der Waals surface area contributed by atoms with Crippen molar-refractivity contribution in [2.24, 2.45) is 4.99 Å². The molecule has 3 aromatic rings. The molecule has 0 aliphatic heterocycles. The quantitative estimate of drug-likeness (QED) is 0.471. The van der Waals surface area contributed by atoms with Gasteiger partial charge in [0, 0.05) is 35.9 Å². The zero-order chi connectivity index (χ0) is 19.8. The first kappa shape index (κ1) is 20.1. The van der Waals surface area contributed by atoms with Gasteiger partial charge in [-0.3, -0.25) is 9.20 Å². The van der Waals surface area contributed by atoms with Crippen LogP contribution in [0, 0.1) is 0 Å². The van der Waals surface area contributed by atoms with Crippen LogP contribution in [0.4, 0.5) is 0 Å². The molecule has 2 atom stereocenters. The Balaban J connectivity index is 1.53. The second-order valence-corrected chi connectivity index (χ2v) is 8.28. The molecule has 0 aliphatic rings. The van der Waals surface area contributed by atoms with E-state index in [1.54, 1.807) is 7.05 Å². The monoisotopic (exact) mass is 393 g/mol. The van der Waals surface area contributed by atoms with E-state index in [-0.39, 0.29) is 6.04 Å². The molecule has 4 nitrogen and oxygen atoms in total. The van der Waals surface area contributed by atoms with Gasteiger partial charge in [-0.15, -0.1) is 0 Å². The molecule has 0 fully saturated rings. The van der Waals surface area contributed by atoms with E-state index in [4.69, 9.17) is 0 Å². The summed E-state index contributed by atoms with van der Waals surface area (Å²) in [4.78, 5) is 4.31. The van der Waals surface area contributed by atoms with E-state index in [1.165, 1.54) is 16.3 Å². The average molecular weight is 394 g/mol. The Hall–Kier alpha value is -2.66. The molecule has 0 aromatic heterocycles. The summed E-state index contributed by atoms with van der Waals surface area (Å²) >= 11 is 0. The standard InChI is InChI=1S/C23H27N3OS/c1-18(21-14-8-12-20-11-6-7-13-22(20)21)26-23(24-2)25-15-16-28(27)17-19-9-4-3-5-10-19/h3-14,18H,15-17H2,1-2H3,(H2,24,25,26). The third-order valence-electron chi connectivity index (χ3n) is 4.66. The maximum atomic E-state index is 12.3. The fourth-order valence-corrected chi connectivity index (χ4v) is 4.26. The third kappa shape index (κ3) is 5.42. The van der Waals surface area contributed by atoms with Crippen LogP contribution in [0.1, 0.15) is 24.1 Å². The Morgan fingerprint density at radius 1 is 1.00 bits per heavy atom. The number of guanidine groups is 1. The highest BCUT2D eigenvalue weighted by molar-refractivity contribution is 7.84. The number of nitrogens with zero attached hydrogens (tertiary/aromatic N) is 1. The average Bonchev–Trinajstić information content (AvgIpc) is 2.73. The molecule has 28 heavy (non-hydrogen) atoms. The Kier molecular flexibility index (Phi) is 7.20. The number of hydrogen-bond donors (Lipinski definition) is 2. The number of nitrogens with one attached hydrogen (secondary N) is 2. The van der Waals surface area contributed by atoms with E-state index >= 15 is 0 Å². The van der Waals surface area contributed by atoms with Crippen LogP contribution in [0.2, 0.25) is 0 Å². The predicted octanol–water partition coefficient (Wildman–Crippen LogP) is 4.01. The van der Waals surface area contributed by atoms with Crippen molar-refractivity contribution in [3.63, 3.8) is 0 Å². The van der Waals surface area contributed by atoms with E-state index in [1.807, 2.05) is 30.3 Å². The Morgan fingerprint density at radius 3 is 2.50 bits per heavy atom. The highest BCUT2D eigenvalue weighted by Crippen LogP contribution is 2.23. The van der Waals surface area contributed by atoms with E-state index in [0.29, 0.717) is 18.1 Å². The molecule has 0 amide bonds. The van der Waals surface area contributed by atoms with Crippen LogP contribution in [-0.2, 0) is 16.6 Å². The molecular formula is C23H27N3OS. The van der Waals surface area contributed by atoms with E-state index in [9.17, 15) is 4.21 Å². The summed E-state index contributed by atoms with van der Waals surface area (Å²) in [5, 5.41) is 9.19. The second-order valence-electron chi connectivity index (χ2n) is 6.71. The number of aliphatic imine (C=N–C) groups is 1. The molecule has 2 unspecified atom stereocenters. The normalized spacial score (nSPS) is 13.9. The Morgan fingerprint density at radius 2 is 1.71 bits per heavy atom. The second kappa shape index (κ2) is 10.0. The van der Waals surface area contributed by atoms with Crippen molar-refractivity contribution in [2.45, 2.75) is 18.7 Å². The predicted molar refractivity (Wildman–Crippen MR) is 120 cm³/mol. The number of benzene rings is 3. The minimum Gasteiger partial charge on any atom is -0.355 e. The van der Waals surface area contributed by atoms with Crippen molar-refractivity contribution in [1.82, 2.24) is 10.6 Å². The molecular weight excluding hydrogens is 366 g/mol. The summed E-state index contributed by atoms with van der Waals surface area (Å²) in [7, 11) is 0.854. The number of hydrogen-bond acceptors (Lipinski definition) is 2. The van der Waals surface area contributed by atoms with Gasteiger partial charge < -0.3 is 10.6 Å². The van der Waals surface area contributed by atoms with Gasteiger partial charge in [0.2, 0.25) is 0 Å². The van der Waals surface area contributed by atoms with Crippen LogP contribution in [0.5, 0.6) is 0 Å². The van der Waals surface area contributed by atoms with Gasteiger partial charge in [-0.2, -0.15) is 0 Å². The lowest BCUT2D eigenvalue weighted by atomic mass is 10.00. The Labute approximate surface area is 169 Å². The summed E-state index contributed by atoms with van der Waals surface area (Å²) in [5.74, 6) is 1.89. The molecule has 0 heterocycles. The maximum absolute atomic E-state index is 12.3. The third-order valence-corrected chi connectivity index (χ3v) is 5.97. The highest BCUT2D eigenvalue weighted by atomic mass is 32.2. The van der Waals surface area contributed by atoms with Gasteiger partial charge in [-0.25, -0.2) is 0 Å². The fraction of sp³-hybridized carbons (Fsp3) is 0.261. The highest BCUT2D eigenvalue weighted by Gasteiger charge is 2.11. The molecule has 0 aliphatic carbocycles. The van der Waals surface area contributed by atoms with Crippen LogP contribution >= 0.6 is 0 Å². The fourth-order valence-electron chi connectivity index (χ4n) is 3.22. The van der Waals surface area contributed by atoms with Gasteiger partial charge in [0.25, 0.3) is 0 Å². The van der Waals surface area contributed by atoms with Crippen molar-refractivity contribution in [3.8, 4) is 0 Å². The molecule has 0 saturated carbocycles. The topological polar surface area (TPSA) is 53.5 Å². The largest absolute Gasteiger partial charge is 0.355 e. The molecule has 2 N–H and O–H groups in total. The van der Waals surface area contributed by atoms with E-state index in [0.717, 1.165) is 11.5 Å². The molecule has 0 spiro atoms. The summed E-state index contributed by atoms with van der Waals surface area (Å²) in [5.41, 5.74) is 2.33. The van der Waals surface area contributed by atoms with Crippen molar-refractivity contribution in [3.05, 3.63) is 83.9 Å². The number of fused-ring (bicyclic) bond motifs is 1. The van der Waals surface area contributed by atoms with Gasteiger partial charge in [0.15, 0.2) is 5.96 Å². The van der Waals surface area contributed by atoms with Crippen LogP contribution in [0.25, 0.3) is 10.8 Å². The zero-order valence-electron chi connectivity index (χ0n) is 16.4. The maximum Gasteiger partial charge on any atom is 0.191 e. The van der Waals surface area contributed by atoms with E-state index < -0.39 is 10.8 Å². The summed E-state index contributed by atoms with van der Waals surface area (Å²) in [6, 6.07) is 24.8. The lowest BCUT2D eigenvalue weighted by Crippen LogP contribution is -2.40. The minimum absolute atomic E-state index is 0.104. The first-order valence-corrected chi connectivity index (χ1v) is 11.0. The molecule has 3 aromatic carbocycles. The van der Waals surface area contributed by atoms with Crippen molar-refractivity contribution >= 4 is 27.5 Å². The minimum atomic E-state index is -0.902. The first-order valence-electron chi connectivity index (χ1n) is 9.51. The summed E-state index contributed by atoms with van der Waals surface area (Å²) < 4.78 is 12.3. The molecule has 0 saturated heterocycles. The van der Waals surface area contributed by atoms with Gasteiger partial charge >= 0.3 is 0 Å². The summed E-state index contributed by atoms with van der Waals surface area (Å²) in [6.45, 7) is 2.74. The lowest BCUT2D eigenvalue weighted by molar-refractivity contribution is 0.677. The van der Waals surface area contributed by atoms with E-state index in [2.05, 4.69) is 65.0 Å². The molecule has 3 rings (SSSR count). The lowest BCUT2D eigenvalue weighted by Gasteiger charge is -2.19. The molecule has 0 bridgehead atoms. The van der Waals surface area contributed by atoms with Gasteiger partial charge in [-0.05, 0) is 28.8 Å². The SMILES string of the molecule is CN=C(NCCS(=O)Cc1ccccc1)NC(C)c1cccc2ccccc12. The van der Waals surface area contributed by atoms with Crippen molar-refractivity contribution < 1.29 is 4.21 Å². The van der Waals surface area contributed by atoms with Crippen LogP contribution in [-0.4, -0.2) is 29.5 Å². The number of rotatable bonds is 7. The van der Waals surface area contributed by atoms with Crippen LogP contribution < -0.4 is 10.6 Å². The van der Waals surface area contributed by atoms with Gasteiger partial charge in [0.05, 0.1) is 6.04 Å². The van der Waals surface area contributed by atoms with Gasteiger partial charge in [-0.1, -0.05) is 72.8 Å². The first-order chi connectivity index (χ1) is 13.7. The zero-order valence-corrected chi connectivity index (χ0v) is 17.2. The van der Waals surface area contributed by atoms with Crippen molar-refractivity contribution in [1.29, 1.82) is 0 Å². The van der Waals surface area contributed by atoms with Gasteiger partial charge in [0.1, 0.15) is 0 Å².